The van der Waals surface area contributed by atoms with Gasteiger partial charge in [0.15, 0.2) is 0 Å². The Balaban J connectivity index is 1.70. The van der Waals surface area contributed by atoms with Gasteiger partial charge in [-0.25, -0.2) is 0 Å². The van der Waals surface area contributed by atoms with E-state index in [1.165, 1.54) is 0 Å². The van der Waals surface area contributed by atoms with E-state index < -0.39 is 0 Å². The van der Waals surface area contributed by atoms with Crippen LogP contribution in [0.5, 0.6) is 5.75 Å². The third-order valence-electron chi connectivity index (χ3n) is 4.45. The molecule has 0 saturated carbocycles. The molecule has 0 atom stereocenters. The molecule has 0 spiro atoms. The zero-order valence-electron chi connectivity index (χ0n) is 14.7. The number of aryl methyl sites for hydroxylation is 1. The molecule has 1 saturated heterocycles. The number of ether oxygens (including phenoxy) is 1. The second-order valence-corrected chi connectivity index (χ2v) is 6.32. The molecule has 1 aliphatic heterocycles. The van der Waals surface area contributed by atoms with E-state index in [1.54, 1.807) is 7.11 Å². The molecule has 1 aromatic rings. The number of benzene rings is 1. The van der Waals surface area contributed by atoms with Crippen molar-refractivity contribution in [1.82, 2.24) is 10.2 Å². The lowest BCUT2D eigenvalue weighted by atomic mass is 10.0. The molecular weight excluding hydrogens is 304 g/mol. The van der Waals surface area contributed by atoms with Crippen LogP contribution in [0.25, 0.3) is 0 Å². The zero-order valence-corrected chi connectivity index (χ0v) is 14.7. The zero-order chi connectivity index (χ0) is 17.4. The minimum absolute atomic E-state index is 0.0798. The third kappa shape index (κ3) is 5.55. The highest BCUT2D eigenvalue weighted by molar-refractivity contribution is 5.77. The molecular formula is C19H28N2O3. The summed E-state index contributed by atoms with van der Waals surface area (Å²) in [7, 11) is 1.64. The molecule has 0 aliphatic carbocycles. The van der Waals surface area contributed by atoms with E-state index in [0.717, 1.165) is 43.7 Å². The molecule has 0 unspecified atom stereocenters. The van der Waals surface area contributed by atoms with Crippen LogP contribution in [0.4, 0.5) is 0 Å². The summed E-state index contributed by atoms with van der Waals surface area (Å²) in [5, 5.41) is 3.10. The first-order valence-corrected chi connectivity index (χ1v) is 8.82. The first-order chi connectivity index (χ1) is 11.6. The molecule has 2 rings (SSSR count). The number of nitrogens with one attached hydrogen (secondary N) is 1. The maximum atomic E-state index is 12.1. The Morgan fingerprint density at radius 2 is 2.00 bits per heavy atom. The molecule has 1 heterocycles. The van der Waals surface area contributed by atoms with Gasteiger partial charge in [-0.15, -0.1) is 0 Å². The number of carbonyl (C=O) groups excluding carboxylic acids is 2. The Hall–Kier alpha value is -2.04. The standard InChI is InChI=1S/C19H28N2O3/c1-3-5-19(23)21-12-10-16(11-13-21)20-18(22)9-8-15-6-4-7-17(14-15)24-2/h4,6-7,14,16H,3,5,8-13H2,1-2H3,(H,20,22). The smallest absolute Gasteiger partial charge is 0.222 e. The summed E-state index contributed by atoms with van der Waals surface area (Å²) in [4.78, 5) is 25.9. The van der Waals surface area contributed by atoms with Crippen LogP contribution in [-0.2, 0) is 16.0 Å². The minimum Gasteiger partial charge on any atom is -0.497 e. The highest BCUT2D eigenvalue weighted by Crippen LogP contribution is 2.15. The molecule has 0 radical (unpaired) electrons. The van der Waals surface area contributed by atoms with Gasteiger partial charge >= 0.3 is 0 Å². The van der Waals surface area contributed by atoms with Crippen molar-refractivity contribution in [2.45, 2.75) is 51.5 Å². The highest BCUT2D eigenvalue weighted by atomic mass is 16.5. The Kier molecular flexibility index (Phi) is 7.09. The van der Waals surface area contributed by atoms with Crippen molar-refractivity contribution in [3.05, 3.63) is 29.8 Å². The average Bonchev–Trinajstić information content (AvgIpc) is 2.61. The maximum Gasteiger partial charge on any atom is 0.222 e. The molecule has 24 heavy (non-hydrogen) atoms. The first-order valence-electron chi connectivity index (χ1n) is 8.82. The van der Waals surface area contributed by atoms with E-state index >= 15 is 0 Å². The fraction of sp³-hybridized carbons (Fsp3) is 0.579. The van der Waals surface area contributed by atoms with Crippen molar-refractivity contribution in [1.29, 1.82) is 0 Å². The quantitative estimate of drug-likeness (QED) is 0.835. The predicted molar refractivity (Wildman–Crippen MR) is 94.0 cm³/mol. The van der Waals surface area contributed by atoms with Crippen LogP contribution >= 0.6 is 0 Å². The van der Waals surface area contributed by atoms with E-state index in [9.17, 15) is 9.59 Å². The van der Waals surface area contributed by atoms with Crippen LogP contribution in [0, 0.1) is 0 Å². The van der Waals surface area contributed by atoms with E-state index in [0.29, 0.717) is 19.3 Å². The molecule has 1 aromatic carbocycles. The summed E-state index contributed by atoms with van der Waals surface area (Å²) in [6.45, 7) is 3.52. The van der Waals surface area contributed by atoms with E-state index in [-0.39, 0.29) is 17.9 Å². The van der Waals surface area contributed by atoms with Gasteiger partial charge in [0.2, 0.25) is 11.8 Å². The Labute approximate surface area is 144 Å². The minimum atomic E-state index is 0.0798. The number of piperidine rings is 1. The SMILES string of the molecule is CCCC(=O)N1CCC(NC(=O)CCc2cccc(OC)c2)CC1. The fourth-order valence-electron chi connectivity index (χ4n) is 3.03. The summed E-state index contributed by atoms with van der Waals surface area (Å²) in [6.07, 6.45) is 4.39. The first kappa shape index (κ1) is 18.3. The van der Waals surface area contributed by atoms with Gasteiger partial charge in [-0.1, -0.05) is 19.1 Å². The van der Waals surface area contributed by atoms with Crippen LogP contribution in [0.15, 0.2) is 24.3 Å². The van der Waals surface area contributed by atoms with Crippen LogP contribution in [0.3, 0.4) is 0 Å². The van der Waals surface area contributed by atoms with Crippen LogP contribution < -0.4 is 10.1 Å². The van der Waals surface area contributed by atoms with E-state index in [4.69, 9.17) is 4.74 Å². The van der Waals surface area contributed by atoms with Crippen molar-refractivity contribution in [3.8, 4) is 5.75 Å². The van der Waals surface area contributed by atoms with Gasteiger partial charge < -0.3 is 15.0 Å². The Bertz CT molecular complexity index is 551. The summed E-state index contributed by atoms with van der Waals surface area (Å²) in [6, 6.07) is 8.00. The van der Waals surface area contributed by atoms with E-state index in [1.807, 2.05) is 36.1 Å². The van der Waals surface area contributed by atoms with Crippen LogP contribution in [-0.4, -0.2) is 43.0 Å². The number of nitrogens with zero attached hydrogens (tertiary/aromatic N) is 1. The number of amides is 2. The largest absolute Gasteiger partial charge is 0.497 e. The molecule has 0 aromatic heterocycles. The van der Waals surface area contributed by atoms with Gasteiger partial charge in [-0.3, -0.25) is 9.59 Å². The molecule has 132 valence electrons. The van der Waals surface area contributed by atoms with Gasteiger partial charge in [0.1, 0.15) is 5.75 Å². The second kappa shape index (κ2) is 9.30. The average molecular weight is 332 g/mol. The lowest BCUT2D eigenvalue weighted by Gasteiger charge is -2.32. The van der Waals surface area contributed by atoms with Crippen molar-refractivity contribution < 1.29 is 14.3 Å². The second-order valence-electron chi connectivity index (χ2n) is 6.32. The number of likely N-dealkylation sites (tertiary alicyclic amines) is 1. The summed E-state index contributed by atoms with van der Waals surface area (Å²) >= 11 is 0. The summed E-state index contributed by atoms with van der Waals surface area (Å²) in [5.41, 5.74) is 1.10. The molecule has 1 fully saturated rings. The lowest BCUT2D eigenvalue weighted by molar-refractivity contribution is -0.132. The van der Waals surface area contributed by atoms with Crippen molar-refractivity contribution in [3.63, 3.8) is 0 Å². The Morgan fingerprint density at radius 1 is 1.25 bits per heavy atom. The van der Waals surface area contributed by atoms with Crippen molar-refractivity contribution in [2.75, 3.05) is 20.2 Å². The number of hydrogen-bond acceptors (Lipinski definition) is 3. The third-order valence-corrected chi connectivity index (χ3v) is 4.45. The lowest BCUT2D eigenvalue weighted by Crippen LogP contribution is -2.46. The monoisotopic (exact) mass is 332 g/mol. The van der Waals surface area contributed by atoms with Gasteiger partial charge in [0.05, 0.1) is 7.11 Å². The normalized spacial score (nSPS) is 15.2. The summed E-state index contributed by atoms with van der Waals surface area (Å²) < 4.78 is 5.20. The summed E-state index contributed by atoms with van der Waals surface area (Å²) in [5.74, 6) is 1.13. The molecule has 2 amide bonds. The molecule has 5 nitrogen and oxygen atoms in total. The number of rotatable bonds is 7. The van der Waals surface area contributed by atoms with Crippen LogP contribution in [0.1, 0.15) is 44.6 Å². The van der Waals surface area contributed by atoms with Crippen LogP contribution in [0.2, 0.25) is 0 Å². The van der Waals surface area contributed by atoms with Gasteiger partial charge in [0.25, 0.3) is 0 Å². The topological polar surface area (TPSA) is 58.6 Å². The number of hydrogen-bond donors (Lipinski definition) is 1. The maximum absolute atomic E-state index is 12.1. The van der Waals surface area contributed by atoms with Gasteiger partial charge in [-0.2, -0.15) is 0 Å². The highest BCUT2D eigenvalue weighted by Gasteiger charge is 2.23. The van der Waals surface area contributed by atoms with Crippen molar-refractivity contribution in [2.24, 2.45) is 0 Å². The Morgan fingerprint density at radius 3 is 2.67 bits per heavy atom. The van der Waals surface area contributed by atoms with Gasteiger partial charge in [0, 0.05) is 32.0 Å². The van der Waals surface area contributed by atoms with Gasteiger partial charge in [-0.05, 0) is 43.4 Å². The van der Waals surface area contributed by atoms with Crippen molar-refractivity contribution >= 4 is 11.8 Å². The molecule has 1 aliphatic rings. The molecule has 1 N–H and O–H groups in total. The predicted octanol–water partition coefficient (Wildman–Crippen LogP) is 2.54. The molecule has 5 heteroatoms. The number of methoxy groups -OCH3 is 1. The molecule has 0 bridgehead atoms. The fourth-order valence-corrected chi connectivity index (χ4v) is 3.03. The van der Waals surface area contributed by atoms with E-state index in [2.05, 4.69) is 5.32 Å². The number of carbonyl (C=O) groups is 2.